The molecule has 27 heavy (non-hydrogen) atoms. The van der Waals surface area contributed by atoms with Gasteiger partial charge in [-0.15, -0.1) is 12.4 Å². The summed E-state index contributed by atoms with van der Waals surface area (Å²) in [5.41, 5.74) is 3.46. The van der Waals surface area contributed by atoms with Crippen molar-refractivity contribution in [2.24, 2.45) is 11.3 Å². The molecule has 0 aromatic heterocycles. The van der Waals surface area contributed by atoms with Crippen LogP contribution >= 0.6 is 28.3 Å². The normalized spacial score (nSPS) is 33.0. The zero-order chi connectivity index (χ0) is 17.9. The van der Waals surface area contributed by atoms with E-state index in [4.69, 9.17) is 4.74 Å². The van der Waals surface area contributed by atoms with Crippen LogP contribution in [0.3, 0.4) is 0 Å². The first-order chi connectivity index (χ1) is 12.6. The Bertz CT molecular complexity index is 886. The largest absolute Gasteiger partial charge is 0.469 e. The average molecular weight is 449 g/mol. The summed E-state index contributed by atoms with van der Waals surface area (Å²) in [7, 11) is 1.53. The molecule has 4 aliphatic rings. The lowest BCUT2D eigenvalue weighted by Crippen LogP contribution is -2.60. The third-order valence-electron chi connectivity index (χ3n) is 7.17. The molecule has 2 aromatic rings. The number of methoxy groups -OCH3 is 1. The zero-order valence-corrected chi connectivity index (χ0v) is 17.6. The van der Waals surface area contributed by atoms with E-state index < -0.39 is 5.41 Å². The lowest BCUT2D eigenvalue weighted by atomic mass is 9.42. The van der Waals surface area contributed by atoms with Gasteiger partial charge in [-0.2, -0.15) is 0 Å². The first kappa shape index (κ1) is 19.0. The van der Waals surface area contributed by atoms with Crippen LogP contribution in [0.15, 0.2) is 53.0 Å². The van der Waals surface area contributed by atoms with Crippen LogP contribution in [0.2, 0.25) is 0 Å². The van der Waals surface area contributed by atoms with Crippen molar-refractivity contribution in [3.8, 4) is 0 Å². The summed E-state index contributed by atoms with van der Waals surface area (Å²) in [6.07, 6.45) is 2.11. The zero-order valence-electron chi connectivity index (χ0n) is 15.2. The van der Waals surface area contributed by atoms with Crippen molar-refractivity contribution in [3.63, 3.8) is 0 Å². The molecule has 5 heteroatoms. The molecule has 2 fully saturated rings. The lowest BCUT2D eigenvalue weighted by molar-refractivity contribution is -0.161. The monoisotopic (exact) mass is 447 g/mol. The minimum absolute atomic E-state index is 0. The van der Waals surface area contributed by atoms with E-state index >= 15 is 0 Å². The first-order valence-corrected chi connectivity index (χ1v) is 10.1. The van der Waals surface area contributed by atoms with Crippen molar-refractivity contribution in [3.05, 3.63) is 69.7 Å². The highest BCUT2D eigenvalue weighted by molar-refractivity contribution is 9.10. The molecule has 1 saturated carbocycles. The van der Waals surface area contributed by atoms with E-state index in [2.05, 4.69) is 69.8 Å². The number of fused-ring (bicyclic) bond motifs is 1. The summed E-state index contributed by atoms with van der Waals surface area (Å²) in [4.78, 5) is 13.1. The maximum Gasteiger partial charge on any atom is 0.314 e. The highest BCUT2D eigenvalue weighted by atomic mass is 79.9. The summed E-state index contributed by atoms with van der Waals surface area (Å²) in [5, 5.41) is 3.55. The summed E-state index contributed by atoms with van der Waals surface area (Å²) in [6.45, 7) is 1.57. The predicted molar refractivity (Wildman–Crippen MR) is 111 cm³/mol. The molecule has 142 valence electrons. The predicted octanol–water partition coefficient (Wildman–Crippen LogP) is 4.43. The molecule has 4 atom stereocenters. The van der Waals surface area contributed by atoms with Gasteiger partial charge in [0.05, 0.1) is 12.5 Å². The van der Waals surface area contributed by atoms with Gasteiger partial charge in [0.1, 0.15) is 0 Å². The molecule has 3 nitrogen and oxygen atoms in total. The quantitative estimate of drug-likeness (QED) is 0.691. The van der Waals surface area contributed by atoms with Gasteiger partial charge in [-0.25, -0.2) is 0 Å². The van der Waals surface area contributed by atoms with E-state index in [0.717, 1.165) is 23.9 Å². The molecule has 1 N–H and O–H groups in total. The summed E-state index contributed by atoms with van der Waals surface area (Å²) in [6, 6.07) is 17.5. The fourth-order valence-electron chi connectivity index (χ4n) is 6.27. The Hall–Kier alpha value is -1.36. The Kier molecular flexibility index (Phi) is 4.65. The smallest absolute Gasteiger partial charge is 0.314 e. The Morgan fingerprint density at radius 2 is 1.93 bits per heavy atom. The van der Waals surface area contributed by atoms with Gasteiger partial charge in [0, 0.05) is 34.8 Å². The van der Waals surface area contributed by atoms with Crippen LogP contribution in [0.5, 0.6) is 0 Å². The third kappa shape index (κ3) is 2.27. The lowest BCUT2D eigenvalue weighted by Gasteiger charge is -2.59. The molecule has 2 aromatic carbocycles. The minimum Gasteiger partial charge on any atom is -0.469 e. The molecule has 6 rings (SSSR count). The Labute approximate surface area is 174 Å². The number of benzene rings is 2. The molecule has 1 aliphatic heterocycles. The molecule has 1 heterocycles. The molecule has 2 bridgehead atoms. The fraction of sp³-hybridized carbons (Fsp3) is 0.409. The van der Waals surface area contributed by atoms with E-state index in [1.54, 1.807) is 0 Å². The van der Waals surface area contributed by atoms with Gasteiger partial charge in [-0.1, -0.05) is 52.3 Å². The number of nitrogens with one attached hydrogen (secondary N) is 1. The molecule has 3 aliphatic carbocycles. The van der Waals surface area contributed by atoms with Crippen molar-refractivity contribution < 1.29 is 9.53 Å². The maximum absolute atomic E-state index is 13.1. The molecule has 1 saturated heterocycles. The van der Waals surface area contributed by atoms with E-state index in [9.17, 15) is 4.79 Å². The SMILES string of the molecule is COC(=O)C12CNCC1C1(c3ccc(Br)cc3)CCC2c2ccccc21.Cl. The summed E-state index contributed by atoms with van der Waals surface area (Å²) >= 11 is 3.57. The third-order valence-corrected chi connectivity index (χ3v) is 7.70. The number of rotatable bonds is 2. The van der Waals surface area contributed by atoms with E-state index in [-0.39, 0.29) is 35.6 Å². The molecule has 0 radical (unpaired) electrons. The van der Waals surface area contributed by atoms with Crippen LogP contribution in [0, 0.1) is 11.3 Å². The highest BCUT2D eigenvalue weighted by Gasteiger charge is 2.69. The van der Waals surface area contributed by atoms with Crippen molar-refractivity contribution in [1.29, 1.82) is 0 Å². The topological polar surface area (TPSA) is 38.3 Å². The number of esters is 1. The van der Waals surface area contributed by atoms with Crippen molar-refractivity contribution in [1.82, 2.24) is 5.32 Å². The summed E-state index contributed by atoms with van der Waals surface area (Å²) < 4.78 is 6.46. The summed E-state index contributed by atoms with van der Waals surface area (Å²) in [5.74, 6) is 0.411. The average Bonchev–Trinajstić information content (AvgIpc) is 3.16. The second kappa shape index (κ2) is 6.61. The van der Waals surface area contributed by atoms with Crippen LogP contribution in [0.1, 0.15) is 35.4 Å². The number of halogens is 2. The first-order valence-electron chi connectivity index (χ1n) is 9.29. The highest BCUT2D eigenvalue weighted by Crippen LogP contribution is 2.67. The van der Waals surface area contributed by atoms with Gasteiger partial charge < -0.3 is 10.1 Å². The molecular formula is C22H23BrClNO2. The fourth-order valence-corrected chi connectivity index (χ4v) is 6.53. The van der Waals surface area contributed by atoms with Gasteiger partial charge in [-0.3, -0.25) is 4.79 Å². The Balaban J connectivity index is 0.00000180. The second-order valence-corrected chi connectivity index (χ2v) is 8.79. The van der Waals surface area contributed by atoms with Crippen molar-refractivity contribution in [2.45, 2.75) is 24.2 Å². The van der Waals surface area contributed by atoms with Gasteiger partial charge in [0.15, 0.2) is 0 Å². The number of carbonyl (C=O) groups is 1. The van der Waals surface area contributed by atoms with Crippen molar-refractivity contribution in [2.75, 3.05) is 20.2 Å². The number of ether oxygens (including phenoxy) is 1. The van der Waals surface area contributed by atoms with Crippen LogP contribution in [-0.2, 0) is 14.9 Å². The van der Waals surface area contributed by atoms with Gasteiger partial charge in [0.2, 0.25) is 0 Å². The van der Waals surface area contributed by atoms with Gasteiger partial charge >= 0.3 is 5.97 Å². The molecule has 0 spiro atoms. The second-order valence-electron chi connectivity index (χ2n) is 7.87. The van der Waals surface area contributed by atoms with E-state index in [1.807, 2.05) is 0 Å². The van der Waals surface area contributed by atoms with E-state index in [1.165, 1.54) is 23.8 Å². The van der Waals surface area contributed by atoms with Crippen LogP contribution < -0.4 is 5.32 Å². The number of hydrogen-bond acceptors (Lipinski definition) is 3. The Morgan fingerprint density at radius 3 is 2.67 bits per heavy atom. The molecule has 4 unspecified atom stereocenters. The number of hydrogen-bond donors (Lipinski definition) is 1. The van der Waals surface area contributed by atoms with Gasteiger partial charge in [-0.05, 0) is 41.7 Å². The Morgan fingerprint density at radius 1 is 1.19 bits per heavy atom. The minimum atomic E-state index is -0.464. The van der Waals surface area contributed by atoms with Crippen LogP contribution in [-0.4, -0.2) is 26.2 Å². The van der Waals surface area contributed by atoms with E-state index in [0.29, 0.717) is 6.54 Å². The maximum atomic E-state index is 13.1. The number of carbonyl (C=O) groups excluding carboxylic acids is 1. The van der Waals surface area contributed by atoms with Crippen molar-refractivity contribution >= 4 is 34.3 Å². The van der Waals surface area contributed by atoms with Gasteiger partial charge in [0.25, 0.3) is 0 Å². The van der Waals surface area contributed by atoms with Crippen LogP contribution in [0.4, 0.5) is 0 Å². The standard InChI is InChI=1S/C22H22BrNO2.ClH/c1-26-20(25)22-13-24-12-19(22)21(14-6-8-15(23)9-7-14)11-10-18(22)16-4-2-3-5-17(16)21;/h2-9,18-19,24H,10-13H2,1H3;1H. The molecular weight excluding hydrogens is 426 g/mol. The van der Waals surface area contributed by atoms with Crippen LogP contribution in [0.25, 0.3) is 0 Å². The molecule has 0 amide bonds.